The minimum absolute atomic E-state index is 0.0775. The lowest BCUT2D eigenvalue weighted by atomic mass is 10.2. The van der Waals surface area contributed by atoms with E-state index < -0.39 is 6.61 Å². The Morgan fingerprint density at radius 3 is 2.93 bits per heavy atom. The number of amides is 1. The van der Waals surface area contributed by atoms with E-state index in [0.717, 1.165) is 25.0 Å². The molecule has 146 valence electrons. The minimum Gasteiger partial charge on any atom is -0.435 e. The standard InChI is InChI=1S/C16H19F2N5O3S/c17-15(18)26-12-5-3-11(4-6-12)8-19-14(24)10-27-16-20-21-22-23(16)9-13-2-1-7-25-13/h3-6,13,15H,1-2,7-10H2,(H,19,24). The van der Waals surface area contributed by atoms with Gasteiger partial charge >= 0.3 is 6.61 Å². The van der Waals surface area contributed by atoms with E-state index in [2.05, 4.69) is 25.6 Å². The Labute approximate surface area is 158 Å². The van der Waals surface area contributed by atoms with Crippen LogP contribution in [0.1, 0.15) is 18.4 Å². The maximum absolute atomic E-state index is 12.1. The maximum Gasteiger partial charge on any atom is 0.387 e. The highest BCUT2D eigenvalue weighted by atomic mass is 32.2. The second-order valence-corrected chi connectivity index (χ2v) is 6.81. The Hall–Kier alpha value is -2.27. The number of rotatable bonds is 9. The van der Waals surface area contributed by atoms with E-state index in [1.807, 2.05) is 0 Å². The summed E-state index contributed by atoms with van der Waals surface area (Å²) in [5.41, 5.74) is 0.776. The number of thioether (sulfide) groups is 1. The fourth-order valence-electron chi connectivity index (χ4n) is 2.57. The molecule has 1 N–H and O–H groups in total. The number of tetrazole rings is 1. The van der Waals surface area contributed by atoms with Gasteiger partial charge in [0.2, 0.25) is 11.1 Å². The Kier molecular flexibility index (Phi) is 6.93. The number of carbonyl (C=O) groups is 1. The van der Waals surface area contributed by atoms with Gasteiger partial charge in [0.05, 0.1) is 18.4 Å². The second kappa shape index (κ2) is 9.60. The van der Waals surface area contributed by atoms with E-state index in [1.54, 1.807) is 16.8 Å². The fraction of sp³-hybridized carbons (Fsp3) is 0.500. The summed E-state index contributed by atoms with van der Waals surface area (Å²) in [6.07, 6.45) is 2.12. The molecule has 2 heterocycles. The molecule has 8 nitrogen and oxygen atoms in total. The molecular formula is C16H19F2N5O3S. The predicted molar refractivity (Wildman–Crippen MR) is 92.4 cm³/mol. The van der Waals surface area contributed by atoms with Crippen LogP contribution >= 0.6 is 11.8 Å². The molecule has 1 atom stereocenters. The van der Waals surface area contributed by atoms with Gasteiger partial charge in [0.1, 0.15) is 5.75 Å². The van der Waals surface area contributed by atoms with Gasteiger partial charge in [-0.2, -0.15) is 8.78 Å². The molecule has 11 heteroatoms. The fourth-order valence-corrected chi connectivity index (χ4v) is 3.28. The first kappa shape index (κ1) is 19.5. The third-order valence-corrected chi connectivity index (χ3v) is 4.83. The third-order valence-electron chi connectivity index (χ3n) is 3.87. The molecule has 1 aliphatic rings. The summed E-state index contributed by atoms with van der Waals surface area (Å²) in [5.74, 6) is 0.0617. The average molecular weight is 399 g/mol. The molecule has 1 amide bonds. The van der Waals surface area contributed by atoms with Crippen LogP contribution in [0.5, 0.6) is 5.75 Å². The zero-order chi connectivity index (χ0) is 19.1. The molecule has 0 radical (unpaired) electrons. The number of alkyl halides is 2. The van der Waals surface area contributed by atoms with Crippen LogP contribution in [0.3, 0.4) is 0 Å². The minimum atomic E-state index is -2.86. The van der Waals surface area contributed by atoms with Crippen LogP contribution < -0.4 is 10.1 Å². The summed E-state index contributed by atoms with van der Waals surface area (Å²) >= 11 is 1.25. The van der Waals surface area contributed by atoms with Gasteiger partial charge in [-0.15, -0.1) is 5.10 Å². The molecule has 3 rings (SSSR count). The molecule has 0 bridgehead atoms. The lowest BCUT2D eigenvalue weighted by Crippen LogP contribution is -2.25. The number of benzene rings is 1. The monoisotopic (exact) mass is 399 g/mol. The van der Waals surface area contributed by atoms with Crippen molar-refractivity contribution in [2.75, 3.05) is 12.4 Å². The van der Waals surface area contributed by atoms with Crippen LogP contribution in [0, 0.1) is 0 Å². The van der Waals surface area contributed by atoms with Crippen molar-refractivity contribution in [3.8, 4) is 5.75 Å². The van der Waals surface area contributed by atoms with Crippen LogP contribution in [0.4, 0.5) is 8.78 Å². The van der Waals surface area contributed by atoms with Gasteiger partial charge in [-0.25, -0.2) is 4.68 Å². The highest BCUT2D eigenvalue weighted by Gasteiger charge is 2.19. The lowest BCUT2D eigenvalue weighted by molar-refractivity contribution is -0.118. The first-order chi connectivity index (χ1) is 13.1. The van der Waals surface area contributed by atoms with Gasteiger partial charge in [0, 0.05) is 13.2 Å². The molecule has 0 saturated carbocycles. The van der Waals surface area contributed by atoms with E-state index in [4.69, 9.17) is 4.74 Å². The van der Waals surface area contributed by atoms with Crippen molar-refractivity contribution in [2.24, 2.45) is 0 Å². The van der Waals surface area contributed by atoms with Gasteiger partial charge in [-0.05, 0) is 41.0 Å². The van der Waals surface area contributed by atoms with E-state index in [9.17, 15) is 13.6 Å². The molecule has 1 saturated heterocycles. The van der Waals surface area contributed by atoms with E-state index in [1.165, 1.54) is 23.9 Å². The highest BCUT2D eigenvalue weighted by Crippen LogP contribution is 2.18. The number of carbonyl (C=O) groups excluding carboxylic acids is 1. The number of halogens is 2. The topological polar surface area (TPSA) is 91.2 Å². The largest absolute Gasteiger partial charge is 0.435 e. The number of hydrogen-bond donors (Lipinski definition) is 1. The van der Waals surface area contributed by atoms with Gasteiger partial charge in [-0.3, -0.25) is 4.79 Å². The predicted octanol–water partition coefficient (Wildman–Crippen LogP) is 1.86. The lowest BCUT2D eigenvalue weighted by Gasteiger charge is -2.10. The van der Waals surface area contributed by atoms with Crippen molar-refractivity contribution in [1.29, 1.82) is 0 Å². The molecule has 0 spiro atoms. The summed E-state index contributed by atoms with van der Waals surface area (Å²) < 4.78 is 35.7. The molecule has 0 aliphatic carbocycles. The number of ether oxygens (including phenoxy) is 2. The van der Waals surface area contributed by atoms with Crippen LogP contribution in [0.25, 0.3) is 0 Å². The van der Waals surface area contributed by atoms with Gasteiger partial charge < -0.3 is 14.8 Å². The molecule has 1 unspecified atom stereocenters. The Morgan fingerprint density at radius 1 is 1.41 bits per heavy atom. The summed E-state index contributed by atoms with van der Waals surface area (Å²) in [4.78, 5) is 12.0. The first-order valence-corrected chi connectivity index (χ1v) is 9.40. The average Bonchev–Trinajstić information content (AvgIpc) is 3.31. The molecule has 27 heavy (non-hydrogen) atoms. The maximum atomic E-state index is 12.1. The quantitative estimate of drug-likeness (QED) is 0.644. The van der Waals surface area contributed by atoms with E-state index in [0.29, 0.717) is 11.7 Å². The molecule has 1 aliphatic heterocycles. The van der Waals surface area contributed by atoms with Crippen molar-refractivity contribution < 1.29 is 23.0 Å². The van der Waals surface area contributed by atoms with Crippen molar-refractivity contribution >= 4 is 17.7 Å². The smallest absolute Gasteiger partial charge is 0.387 e. The zero-order valence-electron chi connectivity index (χ0n) is 14.4. The van der Waals surface area contributed by atoms with Crippen molar-refractivity contribution in [2.45, 2.75) is 43.8 Å². The molecule has 1 aromatic carbocycles. The zero-order valence-corrected chi connectivity index (χ0v) is 15.2. The van der Waals surface area contributed by atoms with Gasteiger partial charge in [-0.1, -0.05) is 23.9 Å². The van der Waals surface area contributed by atoms with E-state index >= 15 is 0 Å². The van der Waals surface area contributed by atoms with Crippen LogP contribution in [-0.4, -0.2) is 51.2 Å². The SMILES string of the molecule is O=C(CSc1nnnn1CC1CCCO1)NCc1ccc(OC(F)F)cc1. The Balaban J connectivity index is 1.41. The van der Waals surface area contributed by atoms with Crippen molar-refractivity contribution in [3.63, 3.8) is 0 Å². The molecule has 1 aromatic heterocycles. The summed E-state index contributed by atoms with van der Waals surface area (Å²) in [7, 11) is 0. The number of nitrogens with one attached hydrogen (secondary N) is 1. The number of hydrogen-bond acceptors (Lipinski definition) is 7. The Bertz CT molecular complexity index is 738. The third kappa shape index (κ3) is 6.14. The first-order valence-electron chi connectivity index (χ1n) is 8.41. The summed E-state index contributed by atoms with van der Waals surface area (Å²) in [5, 5.41) is 14.9. The molecule has 2 aromatic rings. The number of nitrogens with zero attached hydrogens (tertiary/aromatic N) is 4. The van der Waals surface area contributed by atoms with Crippen molar-refractivity contribution in [1.82, 2.24) is 25.5 Å². The van der Waals surface area contributed by atoms with Crippen LogP contribution in [0.2, 0.25) is 0 Å². The van der Waals surface area contributed by atoms with Gasteiger partial charge in [0.15, 0.2) is 0 Å². The normalized spacial score (nSPS) is 16.6. The van der Waals surface area contributed by atoms with Crippen LogP contribution in [-0.2, 0) is 22.6 Å². The summed E-state index contributed by atoms with van der Waals surface area (Å²) in [6.45, 7) is -1.24. The van der Waals surface area contributed by atoms with Gasteiger partial charge in [0.25, 0.3) is 0 Å². The summed E-state index contributed by atoms with van der Waals surface area (Å²) in [6, 6.07) is 6.10. The Morgan fingerprint density at radius 2 is 2.22 bits per heavy atom. The molecular weight excluding hydrogens is 380 g/mol. The molecule has 1 fully saturated rings. The number of aromatic nitrogens is 4. The highest BCUT2D eigenvalue weighted by molar-refractivity contribution is 7.99. The van der Waals surface area contributed by atoms with Crippen molar-refractivity contribution in [3.05, 3.63) is 29.8 Å². The second-order valence-electron chi connectivity index (χ2n) is 5.87. The van der Waals surface area contributed by atoms with Crippen LogP contribution in [0.15, 0.2) is 29.4 Å². The van der Waals surface area contributed by atoms with E-state index in [-0.39, 0.29) is 30.1 Å².